The maximum absolute atomic E-state index is 14.1. The maximum Gasteiger partial charge on any atom is 0.191 e. The van der Waals surface area contributed by atoms with Gasteiger partial charge in [0.25, 0.3) is 0 Å². The van der Waals surface area contributed by atoms with Gasteiger partial charge in [-0.05, 0) is 48.6 Å². The third-order valence-electron chi connectivity index (χ3n) is 3.68. The first kappa shape index (κ1) is 21.8. The first-order valence-electron chi connectivity index (χ1n) is 7.59. The van der Waals surface area contributed by atoms with Crippen molar-refractivity contribution < 1.29 is 8.78 Å². The first-order valence-corrected chi connectivity index (χ1v) is 8.53. The number of guanidine groups is 1. The maximum atomic E-state index is 14.1. The van der Waals surface area contributed by atoms with Crippen LogP contribution in [0.3, 0.4) is 0 Å². The number of likely N-dealkylation sites (N-methyl/N-ethyl adjacent to an activating group) is 1. The van der Waals surface area contributed by atoms with Gasteiger partial charge in [0.15, 0.2) is 5.96 Å². The number of halogens is 3. The summed E-state index contributed by atoms with van der Waals surface area (Å²) in [6, 6.07) is 5.50. The molecular weight excluding hydrogens is 457 g/mol. The number of benzene rings is 1. The van der Waals surface area contributed by atoms with E-state index in [1.54, 1.807) is 37.4 Å². The molecule has 0 spiro atoms. The zero-order valence-corrected chi connectivity index (χ0v) is 17.6. The first-order chi connectivity index (χ1) is 11.5. The second kappa shape index (κ2) is 10.7. The lowest BCUT2D eigenvalue weighted by molar-refractivity contribution is 0.282. The molecule has 0 bridgehead atoms. The van der Waals surface area contributed by atoms with E-state index in [1.807, 2.05) is 11.4 Å². The van der Waals surface area contributed by atoms with Crippen LogP contribution >= 0.6 is 35.3 Å². The number of aliphatic imine (C=N–C) groups is 1. The highest BCUT2D eigenvalue weighted by atomic mass is 127. The fourth-order valence-electron chi connectivity index (χ4n) is 2.36. The smallest absolute Gasteiger partial charge is 0.191 e. The summed E-state index contributed by atoms with van der Waals surface area (Å²) < 4.78 is 28.1. The number of thiophene rings is 1. The normalized spacial score (nSPS) is 12.6. The highest BCUT2D eigenvalue weighted by Crippen LogP contribution is 2.23. The molecule has 0 radical (unpaired) electrons. The molecule has 0 aliphatic heterocycles. The summed E-state index contributed by atoms with van der Waals surface area (Å²) in [7, 11) is 5.25. The van der Waals surface area contributed by atoms with Crippen molar-refractivity contribution in [1.82, 2.24) is 15.5 Å². The number of nitrogens with zero attached hydrogens (tertiary/aromatic N) is 2. The Balaban J connectivity index is 0.00000312. The molecule has 25 heavy (non-hydrogen) atoms. The van der Waals surface area contributed by atoms with Gasteiger partial charge in [0.1, 0.15) is 11.6 Å². The van der Waals surface area contributed by atoms with Crippen LogP contribution in [0, 0.1) is 11.6 Å². The van der Waals surface area contributed by atoms with Crippen LogP contribution in [-0.2, 0) is 6.54 Å². The van der Waals surface area contributed by atoms with E-state index in [-0.39, 0.29) is 29.5 Å². The molecule has 1 heterocycles. The molecule has 0 amide bonds. The molecule has 138 valence electrons. The number of hydrogen-bond acceptors (Lipinski definition) is 3. The second-order valence-corrected chi connectivity index (χ2v) is 6.33. The van der Waals surface area contributed by atoms with Crippen LogP contribution in [0.5, 0.6) is 0 Å². The van der Waals surface area contributed by atoms with Crippen molar-refractivity contribution in [2.75, 3.05) is 27.7 Å². The van der Waals surface area contributed by atoms with Crippen molar-refractivity contribution in [3.63, 3.8) is 0 Å². The molecule has 8 heteroatoms. The van der Waals surface area contributed by atoms with E-state index in [4.69, 9.17) is 0 Å². The van der Waals surface area contributed by atoms with Crippen LogP contribution in [0.25, 0.3) is 0 Å². The standard InChI is InChI=1S/C17H22F2N4S.HI/c1-20-17(21-9-12-7-8-24-11-12)22-10-15(23(2)3)16-13(18)5-4-6-14(16)19;/h4-8,11,15H,9-10H2,1-3H3,(H2,20,21,22);1H. The summed E-state index contributed by atoms with van der Waals surface area (Å²) in [6.45, 7) is 0.970. The lowest BCUT2D eigenvalue weighted by atomic mass is 10.0. The summed E-state index contributed by atoms with van der Waals surface area (Å²) >= 11 is 1.63. The Morgan fingerprint density at radius 3 is 2.40 bits per heavy atom. The highest BCUT2D eigenvalue weighted by molar-refractivity contribution is 14.0. The number of rotatable bonds is 6. The molecule has 1 unspecified atom stereocenters. The molecule has 1 aromatic heterocycles. The minimum Gasteiger partial charge on any atom is -0.354 e. The third kappa shape index (κ3) is 6.19. The van der Waals surface area contributed by atoms with Crippen LogP contribution in [0.2, 0.25) is 0 Å². The summed E-state index contributed by atoms with van der Waals surface area (Å²) in [5.74, 6) is -0.502. The Morgan fingerprint density at radius 1 is 1.20 bits per heavy atom. The summed E-state index contributed by atoms with van der Waals surface area (Å²) in [6.07, 6.45) is 0. The largest absolute Gasteiger partial charge is 0.354 e. The number of hydrogen-bond donors (Lipinski definition) is 2. The van der Waals surface area contributed by atoms with Crippen LogP contribution in [-0.4, -0.2) is 38.5 Å². The van der Waals surface area contributed by atoms with E-state index < -0.39 is 17.7 Å². The van der Waals surface area contributed by atoms with Gasteiger partial charge in [0, 0.05) is 25.7 Å². The quantitative estimate of drug-likeness (QED) is 0.377. The Labute approximate surface area is 168 Å². The van der Waals surface area contributed by atoms with Gasteiger partial charge in [0.2, 0.25) is 0 Å². The molecule has 0 fully saturated rings. The van der Waals surface area contributed by atoms with E-state index in [0.29, 0.717) is 19.0 Å². The van der Waals surface area contributed by atoms with Gasteiger partial charge >= 0.3 is 0 Å². The lowest BCUT2D eigenvalue weighted by Crippen LogP contribution is -2.41. The van der Waals surface area contributed by atoms with Gasteiger partial charge in [-0.1, -0.05) is 6.07 Å². The number of nitrogens with one attached hydrogen (secondary N) is 2. The second-order valence-electron chi connectivity index (χ2n) is 5.55. The lowest BCUT2D eigenvalue weighted by Gasteiger charge is -2.26. The minimum absolute atomic E-state index is 0. The van der Waals surface area contributed by atoms with E-state index in [9.17, 15) is 8.78 Å². The van der Waals surface area contributed by atoms with Crippen molar-refractivity contribution in [3.8, 4) is 0 Å². The van der Waals surface area contributed by atoms with Gasteiger partial charge in [-0.25, -0.2) is 8.78 Å². The molecule has 2 rings (SSSR count). The molecule has 4 nitrogen and oxygen atoms in total. The van der Waals surface area contributed by atoms with Crippen LogP contribution in [0.15, 0.2) is 40.0 Å². The van der Waals surface area contributed by atoms with Crippen molar-refractivity contribution >= 4 is 41.3 Å². The molecule has 2 aromatic rings. The fraction of sp³-hybridized carbons (Fsp3) is 0.353. The zero-order valence-electron chi connectivity index (χ0n) is 14.4. The van der Waals surface area contributed by atoms with E-state index in [2.05, 4.69) is 21.0 Å². The van der Waals surface area contributed by atoms with Crippen molar-refractivity contribution in [2.24, 2.45) is 4.99 Å². The van der Waals surface area contributed by atoms with Crippen LogP contribution in [0.1, 0.15) is 17.2 Å². The molecule has 0 aliphatic carbocycles. The summed E-state index contributed by atoms with van der Waals surface area (Å²) in [4.78, 5) is 5.93. The highest BCUT2D eigenvalue weighted by Gasteiger charge is 2.22. The minimum atomic E-state index is -0.545. The van der Waals surface area contributed by atoms with Crippen LogP contribution < -0.4 is 10.6 Å². The Bertz CT molecular complexity index is 657. The fourth-order valence-corrected chi connectivity index (χ4v) is 3.03. The van der Waals surface area contributed by atoms with Crippen molar-refractivity contribution in [3.05, 3.63) is 57.8 Å². The van der Waals surface area contributed by atoms with Crippen molar-refractivity contribution in [2.45, 2.75) is 12.6 Å². The summed E-state index contributed by atoms with van der Waals surface area (Å²) in [5.41, 5.74) is 1.22. The average Bonchev–Trinajstić information content (AvgIpc) is 3.05. The van der Waals surface area contributed by atoms with Gasteiger partial charge in [-0.2, -0.15) is 11.3 Å². The van der Waals surface area contributed by atoms with E-state index >= 15 is 0 Å². The predicted octanol–water partition coefficient (Wildman–Crippen LogP) is 3.61. The van der Waals surface area contributed by atoms with Gasteiger partial charge in [-0.3, -0.25) is 4.99 Å². The average molecular weight is 480 g/mol. The monoisotopic (exact) mass is 480 g/mol. The summed E-state index contributed by atoms with van der Waals surface area (Å²) in [5, 5.41) is 10.4. The SMILES string of the molecule is CN=C(NCc1ccsc1)NCC(c1c(F)cccc1F)N(C)C.I. The third-order valence-corrected chi connectivity index (χ3v) is 4.41. The topological polar surface area (TPSA) is 39.7 Å². The molecule has 0 aliphatic rings. The molecule has 1 atom stereocenters. The molecule has 1 aromatic carbocycles. The van der Waals surface area contributed by atoms with Gasteiger partial charge in [-0.15, -0.1) is 24.0 Å². The Morgan fingerprint density at radius 2 is 1.88 bits per heavy atom. The van der Waals surface area contributed by atoms with E-state index in [1.165, 1.54) is 18.2 Å². The molecular formula is C17H23F2IN4S. The van der Waals surface area contributed by atoms with Crippen LogP contribution in [0.4, 0.5) is 8.78 Å². The van der Waals surface area contributed by atoms with Gasteiger partial charge < -0.3 is 15.5 Å². The molecule has 0 saturated carbocycles. The van der Waals surface area contributed by atoms with E-state index in [0.717, 1.165) is 5.56 Å². The Kier molecular flexibility index (Phi) is 9.30. The predicted molar refractivity (Wildman–Crippen MR) is 111 cm³/mol. The molecule has 2 N–H and O–H groups in total. The van der Waals surface area contributed by atoms with Gasteiger partial charge in [0.05, 0.1) is 6.04 Å². The molecule has 0 saturated heterocycles. The zero-order chi connectivity index (χ0) is 17.5. The van der Waals surface area contributed by atoms with Crippen molar-refractivity contribution in [1.29, 1.82) is 0 Å². The Hall–Kier alpha value is -1.26.